The summed E-state index contributed by atoms with van der Waals surface area (Å²) >= 11 is 0. The van der Waals surface area contributed by atoms with E-state index in [2.05, 4.69) is 14.5 Å². The SMILES string of the molecule is COc1ccc(-c2cnc3n2CCN(C(=O)Cc2ccccn2)CC3)cc1. The number of fused-ring (bicyclic) bond motifs is 1. The molecule has 0 saturated heterocycles. The summed E-state index contributed by atoms with van der Waals surface area (Å²) in [5, 5.41) is 0. The molecule has 138 valence electrons. The fourth-order valence-electron chi connectivity index (χ4n) is 3.44. The van der Waals surface area contributed by atoms with Crippen molar-refractivity contribution in [2.45, 2.75) is 19.4 Å². The van der Waals surface area contributed by atoms with E-state index in [9.17, 15) is 4.79 Å². The number of benzene rings is 1. The summed E-state index contributed by atoms with van der Waals surface area (Å²) in [6.45, 7) is 2.10. The Hall–Kier alpha value is -3.15. The van der Waals surface area contributed by atoms with Crippen LogP contribution in [0.1, 0.15) is 11.5 Å². The molecule has 1 aromatic carbocycles. The zero-order valence-corrected chi connectivity index (χ0v) is 15.3. The van der Waals surface area contributed by atoms with Crippen LogP contribution in [-0.4, -0.2) is 45.5 Å². The number of ether oxygens (including phenoxy) is 1. The van der Waals surface area contributed by atoms with E-state index in [1.807, 2.05) is 53.6 Å². The average Bonchev–Trinajstić information content (AvgIpc) is 2.99. The largest absolute Gasteiger partial charge is 0.497 e. The Kier molecular flexibility index (Phi) is 4.87. The number of methoxy groups -OCH3 is 1. The second kappa shape index (κ2) is 7.61. The van der Waals surface area contributed by atoms with Crippen molar-refractivity contribution in [2.24, 2.45) is 0 Å². The number of aromatic nitrogens is 3. The van der Waals surface area contributed by atoms with Gasteiger partial charge in [-0.25, -0.2) is 4.98 Å². The van der Waals surface area contributed by atoms with E-state index in [1.54, 1.807) is 13.3 Å². The van der Waals surface area contributed by atoms with Gasteiger partial charge in [-0.2, -0.15) is 0 Å². The van der Waals surface area contributed by atoms with Crippen LogP contribution in [0.2, 0.25) is 0 Å². The average molecular weight is 362 g/mol. The van der Waals surface area contributed by atoms with Crippen LogP contribution >= 0.6 is 0 Å². The lowest BCUT2D eigenvalue weighted by atomic mass is 10.1. The summed E-state index contributed by atoms with van der Waals surface area (Å²) in [5.74, 6) is 1.97. The molecule has 0 aliphatic carbocycles. The molecule has 0 N–H and O–H groups in total. The summed E-state index contributed by atoms with van der Waals surface area (Å²) in [6, 6.07) is 13.6. The molecule has 0 radical (unpaired) electrons. The number of hydrogen-bond acceptors (Lipinski definition) is 4. The number of amides is 1. The lowest BCUT2D eigenvalue weighted by Gasteiger charge is -2.20. The van der Waals surface area contributed by atoms with Crippen LogP contribution in [-0.2, 0) is 24.2 Å². The first-order valence-electron chi connectivity index (χ1n) is 9.11. The maximum absolute atomic E-state index is 12.7. The Bertz CT molecular complexity index is 919. The van der Waals surface area contributed by atoms with E-state index in [-0.39, 0.29) is 5.91 Å². The highest BCUT2D eigenvalue weighted by Gasteiger charge is 2.21. The normalized spacial score (nSPS) is 13.7. The van der Waals surface area contributed by atoms with E-state index >= 15 is 0 Å². The smallest absolute Gasteiger partial charge is 0.228 e. The first-order valence-corrected chi connectivity index (χ1v) is 9.11. The minimum absolute atomic E-state index is 0.116. The van der Waals surface area contributed by atoms with Crippen molar-refractivity contribution in [1.82, 2.24) is 19.4 Å². The van der Waals surface area contributed by atoms with Gasteiger partial charge in [0.05, 0.1) is 25.4 Å². The van der Waals surface area contributed by atoms with Crippen molar-refractivity contribution in [1.29, 1.82) is 0 Å². The quantitative estimate of drug-likeness (QED) is 0.716. The topological polar surface area (TPSA) is 60.2 Å². The molecule has 2 aromatic heterocycles. The Labute approximate surface area is 158 Å². The Morgan fingerprint density at radius 3 is 2.67 bits per heavy atom. The molecular weight excluding hydrogens is 340 g/mol. The maximum Gasteiger partial charge on any atom is 0.228 e. The zero-order valence-electron chi connectivity index (χ0n) is 15.3. The van der Waals surface area contributed by atoms with Gasteiger partial charge >= 0.3 is 0 Å². The summed E-state index contributed by atoms with van der Waals surface area (Å²) in [4.78, 5) is 23.4. The summed E-state index contributed by atoms with van der Waals surface area (Å²) in [6.07, 6.45) is 4.74. The van der Waals surface area contributed by atoms with Crippen molar-refractivity contribution in [2.75, 3.05) is 20.2 Å². The molecule has 3 heterocycles. The predicted octanol–water partition coefficient (Wildman–Crippen LogP) is 2.58. The second-order valence-corrected chi connectivity index (χ2v) is 6.57. The molecule has 0 atom stereocenters. The van der Waals surface area contributed by atoms with Gasteiger partial charge < -0.3 is 14.2 Å². The Morgan fingerprint density at radius 2 is 1.93 bits per heavy atom. The highest BCUT2D eigenvalue weighted by atomic mass is 16.5. The van der Waals surface area contributed by atoms with Crippen LogP contribution in [0, 0.1) is 0 Å². The number of imidazole rings is 1. The summed E-state index contributed by atoms with van der Waals surface area (Å²) < 4.78 is 7.45. The third kappa shape index (κ3) is 3.69. The molecule has 1 aliphatic heterocycles. The van der Waals surface area contributed by atoms with Crippen molar-refractivity contribution in [3.8, 4) is 17.0 Å². The number of nitrogens with zero attached hydrogens (tertiary/aromatic N) is 4. The van der Waals surface area contributed by atoms with Crippen molar-refractivity contribution >= 4 is 5.91 Å². The number of rotatable bonds is 4. The highest BCUT2D eigenvalue weighted by Crippen LogP contribution is 2.25. The van der Waals surface area contributed by atoms with E-state index in [4.69, 9.17) is 4.74 Å². The number of hydrogen-bond donors (Lipinski definition) is 0. The fourth-order valence-corrected chi connectivity index (χ4v) is 3.44. The van der Waals surface area contributed by atoms with Crippen molar-refractivity contribution in [3.05, 3.63) is 66.4 Å². The van der Waals surface area contributed by atoms with Crippen LogP contribution in [0.5, 0.6) is 5.75 Å². The van der Waals surface area contributed by atoms with Crippen LogP contribution in [0.4, 0.5) is 0 Å². The molecule has 0 bridgehead atoms. The van der Waals surface area contributed by atoms with Gasteiger partial charge in [0.25, 0.3) is 0 Å². The molecule has 1 aliphatic rings. The molecule has 6 heteroatoms. The summed E-state index contributed by atoms with van der Waals surface area (Å²) in [7, 11) is 1.66. The minimum Gasteiger partial charge on any atom is -0.497 e. The first kappa shape index (κ1) is 17.3. The Morgan fingerprint density at radius 1 is 1.07 bits per heavy atom. The standard InChI is InChI=1S/C21H22N4O2/c1-27-18-7-5-16(6-8-18)19-15-23-20-9-11-24(12-13-25(19)20)21(26)14-17-4-2-3-10-22-17/h2-8,10,15H,9,11-14H2,1H3. The lowest BCUT2D eigenvalue weighted by Crippen LogP contribution is -2.35. The van der Waals surface area contributed by atoms with E-state index in [1.165, 1.54) is 0 Å². The zero-order chi connectivity index (χ0) is 18.6. The summed E-state index contributed by atoms with van der Waals surface area (Å²) in [5.41, 5.74) is 2.98. The van der Waals surface area contributed by atoms with Crippen LogP contribution in [0.25, 0.3) is 11.3 Å². The second-order valence-electron chi connectivity index (χ2n) is 6.57. The van der Waals surface area contributed by atoms with Crippen molar-refractivity contribution in [3.63, 3.8) is 0 Å². The number of carbonyl (C=O) groups excluding carboxylic acids is 1. The first-order chi connectivity index (χ1) is 13.2. The molecule has 0 unspecified atom stereocenters. The monoisotopic (exact) mass is 362 g/mol. The van der Waals surface area contributed by atoms with Crippen LogP contribution in [0.15, 0.2) is 54.9 Å². The van der Waals surface area contributed by atoms with Crippen LogP contribution in [0.3, 0.4) is 0 Å². The van der Waals surface area contributed by atoms with Gasteiger partial charge in [-0.15, -0.1) is 0 Å². The van der Waals surface area contributed by atoms with E-state index < -0.39 is 0 Å². The van der Waals surface area contributed by atoms with E-state index in [0.717, 1.165) is 41.5 Å². The highest BCUT2D eigenvalue weighted by molar-refractivity contribution is 5.78. The molecule has 0 fully saturated rings. The molecule has 1 amide bonds. The van der Waals surface area contributed by atoms with Gasteiger partial charge in [0.15, 0.2) is 0 Å². The molecule has 3 aromatic rings. The van der Waals surface area contributed by atoms with Gasteiger partial charge in [-0.05, 0) is 36.4 Å². The van der Waals surface area contributed by atoms with Crippen LogP contribution < -0.4 is 4.74 Å². The lowest BCUT2D eigenvalue weighted by molar-refractivity contribution is -0.130. The molecule has 0 saturated carbocycles. The fraction of sp³-hybridized carbons (Fsp3) is 0.286. The molecule has 4 rings (SSSR count). The van der Waals surface area contributed by atoms with Gasteiger partial charge in [0.1, 0.15) is 11.6 Å². The maximum atomic E-state index is 12.7. The van der Waals surface area contributed by atoms with Gasteiger partial charge in [-0.1, -0.05) is 6.07 Å². The Balaban J connectivity index is 1.48. The molecule has 6 nitrogen and oxygen atoms in total. The third-order valence-corrected chi connectivity index (χ3v) is 4.93. The third-order valence-electron chi connectivity index (χ3n) is 4.93. The molecular formula is C21H22N4O2. The predicted molar refractivity (Wildman–Crippen MR) is 102 cm³/mol. The number of carbonyl (C=O) groups is 1. The van der Waals surface area contributed by atoms with E-state index in [0.29, 0.717) is 19.5 Å². The van der Waals surface area contributed by atoms with Gasteiger partial charge in [0, 0.05) is 43.5 Å². The van der Waals surface area contributed by atoms with Crippen molar-refractivity contribution < 1.29 is 9.53 Å². The minimum atomic E-state index is 0.116. The molecule has 27 heavy (non-hydrogen) atoms. The van der Waals surface area contributed by atoms with Gasteiger partial charge in [-0.3, -0.25) is 9.78 Å². The molecule has 0 spiro atoms. The number of pyridine rings is 1. The van der Waals surface area contributed by atoms with Gasteiger partial charge in [0.2, 0.25) is 5.91 Å².